The Morgan fingerprint density at radius 1 is 1.31 bits per heavy atom. The summed E-state index contributed by atoms with van der Waals surface area (Å²) in [5, 5.41) is 19.8. The SMILES string of the molecule is CNc1cc(C)nc(Nc2cc3c(c(C4=CCNC[C@](C)(O)C4)c2F)OCC3)n1. The van der Waals surface area contributed by atoms with E-state index in [9.17, 15) is 5.11 Å². The molecule has 2 aliphatic heterocycles. The Hall–Kier alpha value is -2.71. The molecular weight excluding hydrogens is 373 g/mol. The summed E-state index contributed by atoms with van der Waals surface area (Å²) in [6.45, 7) is 5.12. The van der Waals surface area contributed by atoms with Gasteiger partial charge in [0, 0.05) is 50.3 Å². The lowest BCUT2D eigenvalue weighted by molar-refractivity contribution is 0.0679. The molecule has 3 heterocycles. The fourth-order valence-electron chi connectivity index (χ4n) is 3.83. The highest BCUT2D eigenvalue weighted by Crippen LogP contribution is 2.42. The molecule has 0 unspecified atom stereocenters. The third kappa shape index (κ3) is 4.04. The molecule has 4 N–H and O–H groups in total. The molecule has 1 aromatic carbocycles. The lowest BCUT2D eigenvalue weighted by Crippen LogP contribution is -2.36. The second-order valence-corrected chi connectivity index (χ2v) is 7.83. The van der Waals surface area contributed by atoms with E-state index >= 15 is 4.39 Å². The van der Waals surface area contributed by atoms with Gasteiger partial charge in [-0.15, -0.1) is 0 Å². The normalized spacial score (nSPS) is 21.1. The molecule has 0 bridgehead atoms. The Morgan fingerprint density at radius 3 is 2.93 bits per heavy atom. The maximum atomic E-state index is 15.7. The summed E-state index contributed by atoms with van der Waals surface area (Å²) in [4.78, 5) is 8.73. The molecule has 0 amide bonds. The number of hydrogen-bond donors (Lipinski definition) is 4. The van der Waals surface area contributed by atoms with Crippen molar-refractivity contribution in [3.8, 4) is 5.75 Å². The number of aromatic nitrogens is 2. The number of rotatable bonds is 4. The van der Waals surface area contributed by atoms with Gasteiger partial charge in [-0.05, 0) is 25.5 Å². The monoisotopic (exact) mass is 399 g/mol. The van der Waals surface area contributed by atoms with E-state index in [2.05, 4.69) is 25.9 Å². The van der Waals surface area contributed by atoms with Crippen LogP contribution in [-0.4, -0.2) is 47.4 Å². The van der Waals surface area contributed by atoms with Crippen LogP contribution in [-0.2, 0) is 6.42 Å². The molecule has 8 heteroatoms. The second-order valence-electron chi connectivity index (χ2n) is 7.83. The largest absolute Gasteiger partial charge is 0.492 e. The highest BCUT2D eigenvalue weighted by atomic mass is 19.1. The van der Waals surface area contributed by atoms with Crippen molar-refractivity contribution in [2.45, 2.75) is 32.3 Å². The zero-order valence-corrected chi connectivity index (χ0v) is 16.9. The Morgan fingerprint density at radius 2 is 2.14 bits per heavy atom. The molecule has 1 aromatic heterocycles. The summed E-state index contributed by atoms with van der Waals surface area (Å²) in [5.74, 6) is 1.11. The molecule has 0 saturated heterocycles. The topological polar surface area (TPSA) is 91.3 Å². The van der Waals surface area contributed by atoms with Gasteiger partial charge in [0.15, 0.2) is 5.82 Å². The molecule has 0 aliphatic carbocycles. The summed E-state index contributed by atoms with van der Waals surface area (Å²) in [5.41, 5.74) is 2.18. The molecule has 1 atom stereocenters. The van der Waals surface area contributed by atoms with Crippen LogP contribution in [0.25, 0.3) is 5.57 Å². The van der Waals surface area contributed by atoms with Gasteiger partial charge >= 0.3 is 0 Å². The number of fused-ring (bicyclic) bond motifs is 1. The first-order valence-corrected chi connectivity index (χ1v) is 9.77. The minimum Gasteiger partial charge on any atom is -0.492 e. The van der Waals surface area contributed by atoms with Crippen molar-refractivity contribution in [1.29, 1.82) is 0 Å². The Bertz CT molecular complexity index is 974. The van der Waals surface area contributed by atoms with Crippen LogP contribution in [0.15, 0.2) is 18.2 Å². The number of nitrogens with one attached hydrogen (secondary N) is 3. The predicted molar refractivity (Wildman–Crippen MR) is 111 cm³/mol. The van der Waals surface area contributed by atoms with Crippen molar-refractivity contribution in [3.63, 3.8) is 0 Å². The standard InChI is InChI=1S/C21H26FN5O2/c1-12-8-16(23-3)27-20(25-12)26-15-9-13-5-7-29-19(13)17(18(15)22)14-4-6-24-11-21(2,28)10-14/h4,8-9,24,28H,5-7,10-11H2,1-3H3,(H2,23,25,26,27)/t21-/m1/s1. The van der Waals surface area contributed by atoms with Gasteiger partial charge in [-0.25, -0.2) is 9.37 Å². The quantitative estimate of drug-likeness (QED) is 0.628. The van der Waals surface area contributed by atoms with E-state index in [4.69, 9.17) is 4.74 Å². The average Bonchev–Trinajstić information content (AvgIpc) is 3.04. The van der Waals surface area contributed by atoms with Crippen molar-refractivity contribution in [2.75, 3.05) is 37.4 Å². The molecule has 2 aromatic rings. The van der Waals surface area contributed by atoms with Crippen LogP contribution in [0.5, 0.6) is 5.75 Å². The van der Waals surface area contributed by atoms with Gasteiger partial charge < -0.3 is 25.8 Å². The highest BCUT2D eigenvalue weighted by molar-refractivity contribution is 5.78. The molecule has 4 rings (SSSR count). The van der Waals surface area contributed by atoms with Crippen LogP contribution >= 0.6 is 0 Å². The van der Waals surface area contributed by atoms with Crippen molar-refractivity contribution in [3.05, 3.63) is 40.8 Å². The van der Waals surface area contributed by atoms with Crippen molar-refractivity contribution in [2.24, 2.45) is 0 Å². The summed E-state index contributed by atoms with van der Waals surface area (Å²) < 4.78 is 21.5. The number of ether oxygens (including phenoxy) is 1. The predicted octanol–water partition coefficient (Wildman–Crippen LogP) is 2.77. The summed E-state index contributed by atoms with van der Waals surface area (Å²) in [6, 6.07) is 3.58. The van der Waals surface area contributed by atoms with Gasteiger partial charge in [0.1, 0.15) is 11.6 Å². The fraction of sp³-hybridized carbons (Fsp3) is 0.429. The number of anilines is 3. The van der Waals surface area contributed by atoms with Crippen molar-refractivity contribution < 1.29 is 14.2 Å². The smallest absolute Gasteiger partial charge is 0.229 e. The van der Waals surface area contributed by atoms with E-state index < -0.39 is 11.4 Å². The van der Waals surface area contributed by atoms with E-state index in [0.29, 0.717) is 61.3 Å². The van der Waals surface area contributed by atoms with Gasteiger partial charge in [0.25, 0.3) is 0 Å². The fourth-order valence-corrected chi connectivity index (χ4v) is 3.83. The average molecular weight is 399 g/mol. The van der Waals surface area contributed by atoms with Crippen LogP contribution in [0.1, 0.15) is 30.2 Å². The number of aryl methyl sites for hydroxylation is 1. The number of benzene rings is 1. The number of nitrogens with zero attached hydrogens (tertiary/aromatic N) is 2. The summed E-state index contributed by atoms with van der Waals surface area (Å²) >= 11 is 0. The Balaban J connectivity index is 1.78. The van der Waals surface area contributed by atoms with Crippen molar-refractivity contribution >= 4 is 23.0 Å². The zero-order valence-electron chi connectivity index (χ0n) is 16.9. The van der Waals surface area contributed by atoms with E-state index in [1.807, 2.05) is 19.1 Å². The summed E-state index contributed by atoms with van der Waals surface area (Å²) in [7, 11) is 1.77. The van der Waals surface area contributed by atoms with Crippen LogP contribution in [0, 0.1) is 12.7 Å². The Kier molecular flexibility index (Phi) is 5.14. The van der Waals surface area contributed by atoms with Gasteiger partial charge in [-0.2, -0.15) is 4.98 Å². The molecular formula is C21H26FN5O2. The number of hydrogen-bond acceptors (Lipinski definition) is 7. The van der Waals surface area contributed by atoms with E-state index in [0.717, 1.165) is 16.8 Å². The van der Waals surface area contributed by atoms with Crippen LogP contribution in [0.4, 0.5) is 21.8 Å². The second kappa shape index (κ2) is 7.61. The number of halogens is 1. The first-order valence-electron chi connectivity index (χ1n) is 9.77. The van der Waals surface area contributed by atoms with Crippen LogP contribution in [0.3, 0.4) is 0 Å². The third-order valence-corrected chi connectivity index (χ3v) is 5.16. The molecule has 0 fully saturated rings. The molecule has 0 radical (unpaired) electrons. The van der Waals surface area contributed by atoms with Crippen molar-refractivity contribution in [1.82, 2.24) is 15.3 Å². The van der Waals surface area contributed by atoms with Crippen LogP contribution in [0.2, 0.25) is 0 Å². The lowest BCUT2D eigenvalue weighted by atomic mass is 9.90. The molecule has 2 aliphatic rings. The van der Waals surface area contributed by atoms with E-state index in [1.54, 1.807) is 20.0 Å². The highest BCUT2D eigenvalue weighted by Gasteiger charge is 2.31. The van der Waals surface area contributed by atoms with Gasteiger partial charge in [0.05, 0.1) is 23.5 Å². The minimum absolute atomic E-state index is 0.301. The van der Waals surface area contributed by atoms with Crippen LogP contribution < -0.4 is 20.7 Å². The zero-order chi connectivity index (χ0) is 20.6. The Labute approximate surface area is 169 Å². The first-order chi connectivity index (χ1) is 13.9. The number of β-amino-alcohol motifs (C(OH)–C–C–N with tert-alkyl or cyclic N) is 1. The lowest BCUT2D eigenvalue weighted by Gasteiger charge is -2.24. The molecule has 154 valence electrons. The third-order valence-electron chi connectivity index (χ3n) is 5.16. The minimum atomic E-state index is -0.967. The van der Waals surface area contributed by atoms with Gasteiger partial charge in [0.2, 0.25) is 5.95 Å². The molecule has 0 spiro atoms. The van der Waals surface area contributed by atoms with E-state index in [-0.39, 0.29) is 0 Å². The van der Waals surface area contributed by atoms with Gasteiger partial charge in [-0.3, -0.25) is 0 Å². The molecule has 29 heavy (non-hydrogen) atoms. The van der Waals surface area contributed by atoms with E-state index in [1.165, 1.54) is 0 Å². The number of aliphatic hydroxyl groups is 1. The molecule has 7 nitrogen and oxygen atoms in total. The maximum Gasteiger partial charge on any atom is 0.229 e. The summed E-state index contributed by atoms with van der Waals surface area (Å²) in [6.07, 6.45) is 2.96. The first kappa shape index (κ1) is 19.6. The maximum absolute atomic E-state index is 15.7. The van der Waals surface area contributed by atoms with Gasteiger partial charge in [-0.1, -0.05) is 6.08 Å². The molecule has 0 saturated carbocycles.